The third kappa shape index (κ3) is 11.8. The third-order valence-electron chi connectivity index (χ3n) is 0. The van der Waals surface area contributed by atoms with Crippen molar-refractivity contribution in [1.29, 1.82) is 0 Å². The van der Waals surface area contributed by atoms with Crippen LogP contribution in [0.5, 0.6) is 0 Å². The van der Waals surface area contributed by atoms with Gasteiger partial charge in [-0.05, 0) is 0 Å². The van der Waals surface area contributed by atoms with Crippen molar-refractivity contribution in [2.75, 3.05) is 0 Å². The fraction of sp³-hybridized carbons (Fsp3) is 0. The summed E-state index contributed by atoms with van der Waals surface area (Å²) in [5, 5.41) is 0. The van der Waals surface area contributed by atoms with Gasteiger partial charge in [0.15, 0.2) is 0 Å². The van der Waals surface area contributed by atoms with E-state index in [-0.39, 0.29) is 233 Å². The van der Waals surface area contributed by atoms with Crippen molar-refractivity contribution in [3.8, 4) is 0 Å². The molecule has 0 aliphatic carbocycles. The average Bonchev–Trinajstić information content (AvgIpc) is 0. The Morgan fingerprint density at radius 1 is 0.500 bits per heavy atom. The first-order valence-corrected chi connectivity index (χ1v) is 0. The van der Waals surface area contributed by atoms with Crippen LogP contribution in [-0.2, 0) is 0 Å². The van der Waals surface area contributed by atoms with Crippen molar-refractivity contribution in [3.05, 3.63) is 0 Å². The molecular weight excluding hydrogens is 608 g/mol. The molecule has 0 aliphatic rings. The van der Waals surface area contributed by atoms with Gasteiger partial charge in [0.2, 0.25) is 0 Å². The van der Waals surface area contributed by atoms with Gasteiger partial charge in [0.05, 0.1) is 0 Å². The van der Waals surface area contributed by atoms with Crippen LogP contribution in [0.3, 0.4) is 0 Å². The summed E-state index contributed by atoms with van der Waals surface area (Å²) in [6.45, 7) is 0. The maximum Gasteiger partial charge on any atom is 0 e. The second-order valence-electron chi connectivity index (χ2n) is 0. The molecule has 0 spiro atoms. The van der Waals surface area contributed by atoms with Gasteiger partial charge in [-0.3, -0.25) is 0 Å². The zero-order valence-electron chi connectivity index (χ0n) is 3.45. The summed E-state index contributed by atoms with van der Waals surface area (Å²) < 4.78 is 0. The Labute approximate surface area is 223 Å². The fourth-order valence-corrected chi connectivity index (χ4v) is 0. The molecule has 0 N–H and O–H groups in total. The van der Waals surface area contributed by atoms with Crippen molar-refractivity contribution in [2.45, 2.75) is 0 Å². The van der Waals surface area contributed by atoms with E-state index in [9.17, 15) is 0 Å². The van der Waals surface area contributed by atoms with Crippen LogP contribution in [0.2, 0.25) is 0 Å². The van der Waals surface area contributed by atoms with Crippen molar-refractivity contribution in [3.63, 3.8) is 0 Å². The monoisotopic (exact) mass is 608 g/mol. The van der Waals surface area contributed by atoms with Gasteiger partial charge in [-0.2, -0.15) is 0 Å². The molecule has 6 radical (unpaired) electrons. The maximum atomic E-state index is 0. The summed E-state index contributed by atoms with van der Waals surface area (Å²) in [4.78, 5) is 0. The van der Waals surface area contributed by atoms with Gasteiger partial charge in [0.25, 0.3) is 0 Å². The summed E-state index contributed by atoms with van der Waals surface area (Å²) >= 11 is 0. The molecule has 8 valence electrons. The molecule has 0 bridgehead atoms. The van der Waals surface area contributed by atoms with Gasteiger partial charge >= 0.3 is 0 Å². The van der Waals surface area contributed by atoms with Gasteiger partial charge in [-0.25, -0.2) is 0 Å². The molecule has 0 aromatic carbocycles. The van der Waals surface area contributed by atoms with Gasteiger partial charge in [0, 0.05) is 233 Å². The normalized spacial score (nSPS) is 0. The van der Waals surface area contributed by atoms with Crippen LogP contribution in [0.15, 0.2) is 0 Å². The van der Waals surface area contributed by atoms with Gasteiger partial charge in [-0.1, -0.05) is 0 Å². The topological polar surface area (TPSA) is 0 Å². The Kier molecular flexibility index (Phi) is 92.9. The van der Waals surface area contributed by atoms with Crippen LogP contribution in [0.4, 0.5) is 0 Å². The van der Waals surface area contributed by atoms with E-state index in [0.717, 1.165) is 0 Å². The van der Waals surface area contributed by atoms with E-state index >= 15 is 0 Å². The Morgan fingerprint density at radius 3 is 0.500 bits per heavy atom. The second-order valence-corrected chi connectivity index (χ2v) is 0. The standard InChI is InChI=1S/Bi.3Cs. The van der Waals surface area contributed by atoms with Crippen LogP contribution in [0.1, 0.15) is 0 Å². The SMILES string of the molecule is [Bi].[Cs].[Cs].[Cs]. The second kappa shape index (κ2) is 16.6. The van der Waals surface area contributed by atoms with Gasteiger partial charge < -0.3 is 0 Å². The molecule has 0 saturated heterocycles. The maximum absolute atomic E-state index is 0. The largest absolute Gasteiger partial charge is 0 e. The molecule has 0 heterocycles. The number of hydrogen-bond donors (Lipinski definition) is 0. The number of hydrogen-bond acceptors (Lipinski definition) is 0. The van der Waals surface area contributed by atoms with Crippen LogP contribution in [0.25, 0.3) is 0 Å². The van der Waals surface area contributed by atoms with E-state index in [4.69, 9.17) is 0 Å². The molecule has 0 rings (SSSR count). The van der Waals surface area contributed by atoms with E-state index in [1.54, 1.807) is 0 Å². The zero-order chi connectivity index (χ0) is 0. The minimum atomic E-state index is 0. The molecule has 0 amide bonds. The Bertz CT molecular complexity index is 3.25. The van der Waals surface area contributed by atoms with E-state index in [1.807, 2.05) is 0 Å². The first-order valence-electron chi connectivity index (χ1n) is 0. The molecule has 0 aliphatic heterocycles. The molecule has 0 unspecified atom stereocenters. The quantitative estimate of drug-likeness (QED) is 0.294. The molecule has 0 aromatic heterocycles. The minimum Gasteiger partial charge on any atom is 0 e. The van der Waals surface area contributed by atoms with Crippen molar-refractivity contribution >= 4 is 233 Å². The minimum absolute atomic E-state index is 0. The molecule has 0 saturated carbocycles. The first kappa shape index (κ1) is 22.5. The van der Waals surface area contributed by atoms with Crippen molar-refractivity contribution in [2.24, 2.45) is 0 Å². The van der Waals surface area contributed by atoms with Gasteiger partial charge in [-0.15, -0.1) is 0 Å². The van der Waals surface area contributed by atoms with E-state index in [0.29, 0.717) is 0 Å². The average molecular weight is 608 g/mol. The van der Waals surface area contributed by atoms with Crippen LogP contribution in [0, 0.1) is 0 Å². The van der Waals surface area contributed by atoms with Crippen molar-refractivity contribution in [1.82, 2.24) is 0 Å². The Morgan fingerprint density at radius 2 is 0.500 bits per heavy atom. The smallest absolute Gasteiger partial charge is 0 e. The molecule has 0 fully saturated rings. The predicted octanol–water partition coefficient (Wildman–Crippen LogP) is -1.52. The zero-order valence-corrected chi connectivity index (χ0v) is 25.8. The van der Waals surface area contributed by atoms with E-state index in [1.165, 1.54) is 0 Å². The van der Waals surface area contributed by atoms with Crippen LogP contribution >= 0.6 is 0 Å². The summed E-state index contributed by atoms with van der Waals surface area (Å²) in [5.74, 6) is 0. The molecule has 0 nitrogen and oxygen atoms in total. The summed E-state index contributed by atoms with van der Waals surface area (Å²) in [5.41, 5.74) is 0. The molecule has 4 heteroatoms. The number of rotatable bonds is 0. The molecule has 0 aromatic rings. The third-order valence-corrected chi connectivity index (χ3v) is 0. The molecular formula is BiCs3. The van der Waals surface area contributed by atoms with Gasteiger partial charge in [0.1, 0.15) is 0 Å². The van der Waals surface area contributed by atoms with Crippen molar-refractivity contribution < 1.29 is 0 Å². The Balaban J connectivity index is 0. The molecule has 4 heavy (non-hydrogen) atoms. The Hall–Kier alpha value is 7.04. The van der Waals surface area contributed by atoms with Crippen LogP contribution in [-0.4, -0.2) is 233 Å². The summed E-state index contributed by atoms with van der Waals surface area (Å²) in [6.07, 6.45) is 0. The fourth-order valence-electron chi connectivity index (χ4n) is 0. The summed E-state index contributed by atoms with van der Waals surface area (Å²) in [6, 6.07) is 0. The van der Waals surface area contributed by atoms with E-state index < -0.39 is 0 Å². The summed E-state index contributed by atoms with van der Waals surface area (Å²) in [7, 11) is 0. The molecule has 0 atom stereocenters. The van der Waals surface area contributed by atoms with Crippen LogP contribution < -0.4 is 0 Å². The first-order chi connectivity index (χ1) is 0. The van der Waals surface area contributed by atoms with E-state index in [2.05, 4.69) is 0 Å². The predicted molar refractivity (Wildman–Crippen MR) is 23.0 cm³/mol.